The molecule has 0 saturated heterocycles. The number of benzene rings is 1. The molecule has 4 heteroatoms. The van der Waals surface area contributed by atoms with Crippen LogP contribution in [0.1, 0.15) is 32.3 Å². The standard InChI is InChI=1S/C20H26O4/c1-3-24-18-10-9-17(19(21)12-18)11-15(2)20(22)14-23-13-16-7-5-4-6-8-16/h4-8,11-12,15,20,22H,3,9-10,13-14H2,1-2H3/b17-11+. The summed E-state index contributed by atoms with van der Waals surface area (Å²) >= 11 is 0. The van der Waals surface area contributed by atoms with Gasteiger partial charge in [0.25, 0.3) is 0 Å². The fourth-order valence-electron chi connectivity index (χ4n) is 2.61. The zero-order valence-corrected chi connectivity index (χ0v) is 14.4. The Hall–Kier alpha value is -1.91. The predicted molar refractivity (Wildman–Crippen MR) is 93.3 cm³/mol. The second kappa shape index (κ2) is 9.40. The predicted octanol–water partition coefficient (Wildman–Crippen LogP) is 3.41. The maximum absolute atomic E-state index is 12.1. The molecule has 2 unspecified atom stereocenters. The largest absolute Gasteiger partial charge is 0.498 e. The van der Waals surface area contributed by atoms with Crippen LogP contribution in [0.4, 0.5) is 0 Å². The van der Waals surface area contributed by atoms with Gasteiger partial charge in [0.05, 0.1) is 25.9 Å². The van der Waals surface area contributed by atoms with E-state index in [1.807, 2.05) is 50.3 Å². The van der Waals surface area contributed by atoms with Gasteiger partial charge in [0.15, 0.2) is 5.78 Å². The Morgan fingerprint density at radius 2 is 2.00 bits per heavy atom. The molecule has 1 aromatic rings. The van der Waals surface area contributed by atoms with Gasteiger partial charge in [-0.1, -0.05) is 43.3 Å². The first-order valence-corrected chi connectivity index (χ1v) is 8.48. The lowest BCUT2D eigenvalue weighted by atomic mass is 9.93. The molecule has 4 nitrogen and oxygen atoms in total. The van der Waals surface area contributed by atoms with Crippen molar-refractivity contribution >= 4 is 5.78 Å². The molecule has 1 aliphatic rings. The third-order valence-electron chi connectivity index (χ3n) is 4.05. The van der Waals surface area contributed by atoms with Gasteiger partial charge in [-0.3, -0.25) is 4.79 Å². The summed E-state index contributed by atoms with van der Waals surface area (Å²) in [6, 6.07) is 9.85. The summed E-state index contributed by atoms with van der Waals surface area (Å²) < 4.78 is 11.0. The Kier molecular flexibility index (Phi) is 7.22. The van der Waals surface area contributed by atoms with Gasteiger partial charge in [0, 0.05) is 18.4 Å². The average Bonchev–Trinajstić information content (AvgIpc) is 2.58. The quantitative estimate of drug-likeness (QED) is 0.742. The molecule has 2 rings (SSSR count). The maximum Gasteiger partial charge on any atom is 0.184 e. The molecular formula is C20H26O4. The van der Waals surface area contributed by atoms with Crippen molar-refractivity contribution in [3.8, 4) is 0 Å². The van der Waals surface area contributed by atoms with Crippen LogP contribution < -0.4 is 0 Å². The zero-order valence-electron chi connectivity index (χ0n) is 14.4. The topological polar surface area (TPSA) is 55.8 Å². The minimum absolute atomic E-state index is 0.0195. The molecule has 0 saturated carbocycles. The molecule has 24 heavy (non-hydrogen) atoms. The molecule has 1 aromatic carbocycles. The van der Waals surface area contributed by atoms with Crippen LogP contribution in [0.5, 0.6) is 0 Å². The fraction of sp³-hybridized carbons (Fsp3) is 0.450. The first kappa shape index (κ1) is 18.4. The first-order chi connectivity index (χ1) is 11.6. The van der Waals surface area contributed by atoms with Gasteiger partial charge in [-0.05, 0) is 24.5 Å². The van der Waals surface area contributed by atoms with Crippen molar-refractivity contribution in [1.29, 1.82) is 0 Å². The molecule has 130 valence electrons. The molecular weight excluding hydrogens is 304 g/mol. The van der Waals surface area contributed by atoms with E-state index in [0.717, 1.165) is 23.3 Å². The molecule has 0 amide bonds. The van der Waals surface area contributed by atoms with Crippen LogP contribution in [0, 0.1) is 5.92 Å². The van der Waals surface area contributed by atoms with Gasteiger partial charge in [-0.15, -0.1) is 0 Å². The second-order valence-corrected chi connectivity index (χ2v) is 6.03. The van der Waals surface area contributed by atoms with E-state index in [4.69, 9.17) is 9.47 Å². The third-order valence-corrected chi connectivity index (χ3v) is 4.05. The van der Waals surface area contributed by atoms with E-state index in [9.17, 15) is 9.90 Å². The van der Waals surface area contributed by atoms with Crippen LogP contribution in [0.3, 0.4) is 0 Å². The Morgan fingerprint density at radius 1 is 1.25 bits per heavy atom. The first-order valence-electron chi connectivity index (χ1n) is 8.48. The zero-order chi connectivity index (χ0) is 17.4. The highest BCUT2D eigenvalue weighted by Gasteiger charge is 2.20. The van der Waals surface area contributed by atoms with Crippen molar-refractivity contribution in [3.63, 3.8) is 0 Å². The summed E-state index contributed by atoms with van der Waals surface area (Å²) in [5.74, 6) is 0.592. The highest BCUT2D eigenvalue weighted by Crippen LogP contribution is 2.23. The van der Waals surface area contributed by atoms with E-state index in [-0.39, 0.29) is 18.3 Å². The minimum atomic E-state index is -0.633. The SMILES string of the molecule is CCOC1=CC(=O)/C(=C/C(C)C(O)COCc2ccccc2)CC1. The number of ether oxygens (including phenoxy) is 2. The molecule has 0 aromatic heterocycles. The van der Waals surface area contributed by atoms with E-state index in [0.29, 0.717) is 19.6 Å². The number of hydrogen-bond acceptors (Lipinski definition) is 4. The number of carbonyl (C=O) groups is 1. The van der Waals surface area contributed by atoms with Gasteiger partial charge < -0.3 is 14.6 Å². The maximum atomic E-state index is 12.1. The van der Waals surface area contributed by atoms with Gasteiger partial charge in [-0.2, -0.15) is 0 Å². The average molecular weight is 330 g/mol. The smallest absolute Gasteiger partial charge is 0.184 e. The Labute approximate surface area is 143 Å². The van der Waals surface area contributed by atoms with Gasteiger partial charge in [-0.25, -0.2) is 0 Å². The second-order valence-electron chi connectivity index (χ2n) is 6.03. The van der Waals surface area contributed by atoms with Crippen molar-refractivity contribution in [1.82, 2.24) is 0 Å². The van der Waals surface area contributed by atoms with E-state index in [2.05, 4.69) is 0 Å². The molecule has 1 N–H and O–H groups in total. The summed E-state index contributed by atoms with van der Waals surface area (Å²) in [6.45, 7) is 5.10. The number of carbonyl (C=O) groups excluding carboxylic acids is 1. The Morgan fingerprint density at radius 3 is 2.67 bits per heavy atom. The monoisotopic (exact) mass is 330 g/mol. The summed E-state index contributed by atoms with van der Waals surface area (Å²) in [7, 11) is 0. The van der Waals surface area contributed by atoms with Gasteiger partial charge in [0.2, 0.25) is 0 Å². The van der Waals surface area contributed by atoms with Crippen LogP contribution in [0.15, 0.2) is 53.8 Å². The third kappa shape index (κ3) is 5.62. The number of aliphatic hydroxyl groups is 1. The molecule has 0 heterocycles. The lowest BCUT2D eigenvalue weighted by molar-refractivity contribution is -0.112. The lowest BCUT2D eigenvalue weighted by Crippen LogP contribution is -2.23. The lowest BCUT2D eigenvalue weighted by Gasteiger charge is -2.19. The van der Waals surface area contributed by atoms with Crippen LogP contribution in [-0.2, 0) is 20.9 Å². The highest BCUT2D eigenvalue weighted by atomic mass is 16.5. The van der Waals surface area contributed by atoms with Crippen molar-refractivity contribution in [3.05, 3.63) is 59.4 Å². The molecule has 0 aliphatic heterocycles. The van der Waals surface area contributed by atoms with Crippen LogP contribution in [0.2, 0.25) is 0 Å². The minimum Gasteiger partial charge on any atom is -0.498 e. The van der Waals surface area contributed by atoms with E-state index >= 15 is 0 Å². The normalized spacial score (nSPS) is 19.0. The van der Waals surface area contributed by atoms with Crippen molar-refractivity contribution in [2.45, 2.75) is 39.4 Å². The highest BCUT2D eigenvalue weighted by molar-refractivity contribution is 6.05. The summed E-state index contributed by atoms with van der Waals surface area (Å²) in [5, 5.41) is 10.2. The number of rotatable bonds is 8. The molecule has 0 spiro atoms. The van der Waals surface area contributed by atoms with Crippen molar-refractivity contribution in [2.75, 3.05) is 13.2 Å². The molecule has 0 fully saturated rings. The summed E-state index contributed by atoms with van der Waals surface area (Å²) in [5.41, 5.74) is 1.82. The van der Waals surface area contributed by atoms with E-state index in [1.54, 1.807) is 6.08 Å². The molecule has 0 radical (unpaired) electrons. The number of aliphatic hydroxyl groups excluding tert-OH is 1. The number of hydrogen-bond donors (Lipinski definition) is 1. The number of ketones is 1. The Bertz CT molecular complexity index is 589. The molecule has 2 atom stereocenters. The number of allylic oxidation sites excluding steroid dienone is 3. The fourth-order valence-corrected chi connectivity index (χ4v) is 2.61. The summed E-state index contributed by atoms with van der Waals surface area (Å²) in [6.07, 6.45) is 4.18. The molecule has 1 aliphatic carbocycles. The van der Waals surface area contributed by atoms with E-state index < -0.39 is 6.10 Å². The summed E-state index contributed by atoms with van der Waals surface area (Å²) in [4.78, 5) is 12.1. The Balaban J connectivity index is 1.82. The van der Waals surface area contributed by atoms with E-state index in [1.165, 1.54) is 0 Å². The van der Waals surface area contributed by atoms with Crippen LogP contribution >= 0.6 is 0 Å². The van der Waals surface area contributed by atoms with Gasteiger partial charge >= 0.3 is 0 Å². The van der Waals surface area contributed by atoms with Crippen LogP contribution in [0.25, 0.3) is 0 Å². The van der Waals surface area contributed by atoms with Crippen LogP contribution in [-0.4, -0.2) is 30.2 Å². The van der Waals surface area contributed by atoms with Crippen molar-refractivity contribution in [2.24, 2.45) is 5.92 Å². The van der Waals surface area contributed by atoms with Gasteiger partial charge in [0.1, 0.15) is 5.76 Å². The molecule has 0 bridgehead atoms. The van der Waals surface area contributed by atoms with Crippen molar-refractivity contribution < 1.29 is 19.4 Å².